The van der Waals surface area contributed by atoms with Gasteiger partial charge in [0.2, 0.25) is 11.6 Å². The van der Waals surface area contributed by atoms with E-state index in [9.17, 15) is 18.0 Å². The maximum Gasteiger partial charge on any atom is 0.234 e. The number of sulfone groups is 1. The van der Waals surface area contributed by atoms with Crippen LogP contribution in [0.15, 0.2) is 95.9 Å². The van der Waals surface area contributed by atoms with Crippen molar-refractivity contribution in [2.75, 3.05) is 13.4 Å². The molecule has 0 unspecified atom stereocenters. The number of hydrogen-bond donors (Lipinski definition) is 0. The van der Waals surface area contributed by atoms with E-state index in [1.54, 1.807) is 61.7 Å². The minimum atomic E-state index is -3.34. The highest BCUT2D eigenvalue weighted by Gasteiger charge is 2.24. The molecule has 4 aromatic carbocycles. The maximum atomic E-state index is 13.5. The van der Waals surface area contributed by atoms with E-state index in [2.05, 4.69) is 0 Å². The predicted molar refractivity (Wildman–Crippen MR) is 137 cm³/mol. The van der Waals surface area contributed by atoms with Crippen LogP contribution in [0.2, 0.25) is 0 Å². The molecule has 0 bridgehead atoms. The van der Waals surface area contributed by atoms with Crippen molar-refractivity contribution < 1.29 is 22.7 Å². The van der Waals surface area contributed by atoms with Crippen LogP contribution in [0.25, 0.3) is 22.3 Å². The van der Waals surface area contributed by atoms with E-state index >= 15 is 0 Å². The zero-order chi connectivity index (χ0) is 25.2. The van der Waals surface area contributed by atoms with Crippen molar-refractivity contribution in [3.05, 3.63) is 108 Å². The van der Waals surface area contributed by atoms with Gasteiger partial charge in [-0.3, -0.25) is 9.59 Å². The summed E-state index contributed by atoms with van der Waals surface area (Å²) in [5, 5.41) is 0. The molecule has 0 N–H and O–H groups in total. The van der Waals surface area contributed by atoms with Gasteiger partial charge in [0.1, 0.15) is 5.75 Å². The summed E-state index contributed by atoms with van der Waals surface area (Å²) in [6.45, 7) is 1.82. The van der Waals surface area contributed by atoms with Gasteiger partial charge in [-0.2, -0.15) is 0 Å². The summed E-state index contributed by atoms with van der Waals surface area (Å²) >= 11 is 0. The molecule has 0 saturated heterocycles. The average molecular weight is 485 g/mol. The van der Waals surface area contributed by atoms with E-state index in [0.717, 1.165) is 28.5 Å². The minimum absolute atomic E-state index is 0.208. The van der Waals surface area contributed by atoms with Crippen molar-refractivity contribution in [3.8, 4) is 28.0 Å². The number of carbonyl (C=O) groups excluding carboxylic acids is 2. The van der Waals surface area contributed by atoms with Crippen LogP contribution >= 0.6 is 0 Å². The second kappa shape index (κ2) is 9.68. The molecule has 176 valence electrons. The molecule has 0 spiro atoms. The fraction of sp³-hybridized carbons (Fsp3) is 0.103. The molecule has 35 heavy (non-hydrogen) atoms. The van der Waals surface area contributed by atoms with Crippen LogP contribution in [-0.4, -0.2) is 33.3 Å². The van der Waals surface area contributed by atoms with Crippen LogP contribution in [-0.2, 0) is 9.84 Å². The topological polar surface area (TPSA) is 77.5 Å². The number of ketones is 2. The summed E-state index contributed by atoms with van der Waals surface area (Å²) < 4.78 is 29.1. The quantitative estimate of drug-likeness (QED) is 0.244. The molecule has 4 rings (SSSR count). The first-order valence-electron chi connectivity index (χ1n) is 10.9. The molecule has 0 aliphatic heterocycles. The SMILES string of the molecule is COc1ccc(C(=O)C(=O)c2cccc(-c3ccc(S(C)(=O)=O)cc3)c2-c2ccccc2)cc1C. The average Bonchev–Trinajstić information content (AvgIpc) is 2.87. The third-order valence-corrected chi connectivity index (χ3v) is 6.96. The molecular formula is C29H24O5S. The van der Waals surface area contributed by atoms with Crippen LogP contribution in [0.4, 0.5) is 0 Å². The molecule has 0 saturated carbocycles. The van der Waals surface area contributed by atoms with E-state index in [1.165, 1.54) is 0 Å². The number of carbonyl (C=O) groups is 2. The molecule has 0 atom stereocenters. The summed E-state index contributed by atoms with van der Waals surface area (Å²) in [7, 11) is -1.79. The third-order valence-electron chi connectivity index (χ3n) is 5.83. The first-order chi connectivity index (χ1) is 16.7. The molecule has 0 aliphatic carbocycles. The Morgan fingerprint density at radius 1 is 0.743 bits per heavy atom. The Bertz CT molecular complexity index is 1520. The Morgan fingerprint density at radius 2 is 1.43 bits per heavy atom. The summed E-state index contributed by atoms with van der Waals surface area (Å²) in [6, 6.07) is 26.0. The fourth-order valence-corrected chi connectivity index (χ4v) is 4.68. The molecule has 5 nitrogen and oxygen atoms in total. The maximum absolute atomic E-state index is 13.5. The normalized spacial score (nSPS) is 11.2. The molecule has 0 fully saturated rings. The molecule has 4 aromatic rings. The number of Topliss-reactive ketones (excluding diaryl/α,β-unsaturated/α-hetero) is 2. The zero-order valence-electron chi connectivity index (χ0n) is 19.6. The van der Waals surface area contributed by atoms with Crippen molar-refractivity contribution in [2.24, 2.45) is 0 Å². The van der Waals surface area contributed by atoms with E-state index in [1.807, 2.05) is 43.3 Å². The monoisotopic (exact) mass is 484 g/mol. The molecule has 0 heterocycles. The van der Waals surface area contributed by atoms with Crippen LogP contribution in [0.3, 0.4) is 0 Å². The summed E-state index contributed by atoms with van der Waals surface area (Å²) in [5.74, 6) is -0.598. The minimum Gasteiger partial charge on any atom is -0.496 e. The lowest BCUT2D eigenvalue weighted by Gasteiger charge is -2.15. The number of hydrogen-bond acceptors (Lipinski definition) is 5. The molecule has 0 radical (unpaired) electrons. The number of benzene rings is 4. The lowest BCUT2D eigenvalue weighted by molar-refractivity contribution is 0.0817. The smallest absolute Gasteiger partial charge is 0.234 e. The highest BCUT2D eigenvalue weighted by Crippen LogP contribution is 2.36. The van der Waals surface area contributed by atoms with Crippen LogP contribution in [0.5, 0.6) is 5.75 Å². The lowest BCUT2D eigenvalue weighted by atomic mass is 9.87. The molecule has 0 aliphatic rings. The predicted octanol–water partition coefficient (Wildman–Crippen LogP) is 5.81. The highest BCUT2D eigenvalue weighted by molar-refractivity contribution is 7.90. The van der Waals surface area contributed by atoms with Crippen LogP contribution < -0.4 is 4.74 Å². The first-order valence-corrected chi connectivity index (χ1v) is 12.8. The van der Waals surface area contributed by atoms with Crippen molar-refractivity contribution >= 4 is 21.4 Å². The Morgan fingerprint density at radius 3 is 2.03 bits per heavy atom. The van der Waals surface area contributed by atoms with Gasteiger partial charge in [-0.25, -0.2) is 8.42 Å². The van der Waals surface area contributed by atoms with Gasteiger partial charge in [-0.05, 0) is 59.5 Å². The van der Waals surface area contributed by atoms with Crippen molar-refractivity contribution in [1.29, 1.82) is 0 Å². The standard InChI is InChI=1S/C29H24O5S/c1-19-18-22(14-17-26(19)34-2)28(30)29(31)25-11-7-10-24(27(25)21-8-5-4-6-9-21)20-12-15-23(16-13-20)35(3,32)33/h4-18H,1-3H3. The molecule has 6 heteroatoms. The number of rotatable bonds is 7. The Kier molecular flexibility index (Phi) is 6.67. The van der Waals surface area contributed by atoms with Gasteiger partial charge in [0.25, 0.3) is 0 Å². The van der Waals surface area contributed by atoms with Crippen molar-refractivity contribution in [3.63, 3.8) is 0 Å². The molecular weight excluding hydrogens is 460 g/mol. The molecule has 0 amide bonds. The number of ether oxygens (including phenoxy) is 1. The van der Waals surface area contributed by atoms with Gasteiger partial charge in [-0.15, -0.1) is 0 Å². The van der Waals surface area contributed by atoms with Crippen molar-refractivity contribution in [1.82, 2.24) is 0 Å². The van der Waals surface area contributed by atoms with Gasteiger partial charge in [0.05, 0.1) is 12.0 Å². The fourth-order valence-electron chi connectivity index (χ4n) is 4.05. The molecule has 0 aromatic heterocycles. The van der Waals surface area contributed by atoms with Gasteiger partial charge >= 0.3 is 0 Å². The highest BCUT2D eigenvalue weighted by atomic mass is 32.2. The lowest BCUT2D eigenvalue weighted by Crippen LogP contribution is -2.16. The van der Waals surface area contributed by atoms with E-state index < -0.39 is 21.4 Å². The summed E-state index contributed by atoms with van der Waals surface area (Å²) in [4.78, 5) is 26.9. The second-order valence-electron chi connectivity index (χ2n) is 8.23. The van der Waals surface area contributed by atoms with Gasteiger partial charge < -0.3 is 4.74 Å². The van der Waals surface area contributed by atoms with Gasteiger partial charge in [-0.1, -0.05) is 60.7 Å². The number of aryl methyl sites for hydroxylation is 1. The van der Waals surface area contributed by atoms with Gasteiger partial charge in [0.15, 0.2) is 9.84 Å². The third kappa shape index (κ3) is 4.93. The van der Waals surface area contributed by atoms with E-state index in [4.69, 9.17) is 4.74 Å². The Labute approximate surface area is 204 Å². The van der Waals surface area contributed by atoms with Crippen molar-refractivity contribution in [2.45, 2.75) is 11.8 Å². The van der Waals surface area contributed by atoms with Crippen LogP contribution in [0, 0.1) is 6.92 Å². The first kappa shape index (κ1) is 24.1. The van der Waals surface area contributed by atoms with E-state index in [-0.39, 0.29) is 16.0 Å². The Balaban J connectivity index is 1.86. The van der Waals surface area contributed by atoms with Gasteiger partial charge in [0, 0.05) is 22.9 Å². The second-order valence-corrected chi connectivity index (χ2v) is 10.2. The summed E-state index contributed by atoms with van der Waals surface area (Å²) in [5.41, 5.74) is 4.17. The van der Waals surface area contributed by atoms with Crippen LogP contribution in [0.1, 0.15) is 26.3 Å². The Hall–Kier alpha value is -4.03. The largest absolute Gasteiger partial charge is 0.496 e. The summed E-state index contributed by atoms with van der Waals surface area (Å²) in [6.07, 6.45) is 1.16. The number of methoxy groups -OCH3 is 1. The zero-order valence-corrected chi connectivity index (χ0v) is 20.4. The van der Waals surface area contributed by atoms with E-state index in [0.29, 0.717) is 11.3 Å².